The van der Waals surface area contributed by atoms with E-state index in [0.29, 0.717) is 10.7 Å². The molecule has 0 spiro atoms. The summed E-state index contributed by atoms with van der Waals surface area (Å²) >= 11 is 5.19. The lowest BCUT2D eigenvalue weighted by Gasteiger charge is -2.31. The molecule has 20 heavy (non-hydrogen) atoms. The summed E-state index contributed by atoms with van der Waals surface area (Å²) in [6.45, 7) is 3.30. The van der Waals surface area contributed by atoms with Gasteiger partial charge in [0.2, 0.25) is 0 Å². The van der Waals surface area contributed by atoms with Crippen molar-refractivity contribution in [3.8, 4) is 0 Å². The molecule has 0 amide bonds. The first kappa shape index (κ1) is 13.5. The van der Waals surface area contributed by atoms with E-state index in [1.54, 1.807) is 0 Å². The largest absolute Gasteiger partial charge is 0.307 e. The summed E-state index contributed by atoms with van der Waals surface area (Å²) in [4.78, 5) is 2.52. The van der Waals surface area contributed by atoms with Crippen LogP contribution >= 0.6 is 12.2 Å². The van der Waals surface area contributed by atoms with Gasteiger partial charge in [0.05, 0.1) is 0 Å². The molecule has 1 aromatic heterocycles. The molecule has 4 nitrogen and oxygen atoms in total. The minimum absolute atomic E-state index is 0.528. The Morgan fingerprint density at radius 3 is 2.55 bits per heavy atom. The van der Waals surface area contributed by atoms with E-state index in [0.717, 1.165) is 38.3 Å². The Balaban J connectivity index is 1.60. The van der Waals surface area contributed by atoms with Gasteiger partial charge < -0.3 is 4.57 Å². The molecule has 0 unspecified atom stereocenters. The van der Waals surface area contributed by atoms with Crippen LogP contribution in [-0.4, -0.2) is 32.8 Å². The summed E-state index contributed by atoms with van der Waals surface area (Å²) in [6.07, 6.45) is 2.31. The van der Waals surface area contributed by atoms with Crippen LogP contribution in [0.3, 0.4) is 0 Å². The molecule has 3 rings (SSSR count). The first-order chi connectivity index (χ1) is 9.74. The minimum Gasteiger partial charge on any atom is -0.307 e. The van der Waals surface area contributed by atoms with Crippen LogP contribution in [0.15, 0.2) is 30.3 Å². The van der Waals surface area contributed by atoms with Crippen LogP contribution in [0.4, 0.5) is 0 Å². The molecule has 0 radical (unpaired) electrons. The Bertz CT molecular complexity index is 608. The van der Waals surface area contributed by atoms with Crippen molar-refractivity contribution in [2.45, 2.75) is 25.3 Å². The van der Waals surface area contributed by atoms with Crippen LogP contribution in [-0.2, 0) is 13.6 Å². The average molecular weight is 288 g/mol. The van der Waals surface area contributed by atoms with Gasteiger partial charge in [-0.05, 0) is 43.7 Å². The second-order valence-corrected chi connectivity index (χ2v) is 5.87. The van der Waals surface area contributed by atoms with E-state index in [1.807, 2.05) is 11.6 Å². The lowest BCUT2D eigenvalue weighted by Crippen LogP contribution is -2.33. The highest BCUT2D eigenvalue weighted by atomic mass is 32.1. The number of hydrogen-bond acceptors (Lipinski definition) is 3. The predicted octanol–water partition coefficient (Wildman–Crippen LogP) is 2.86. The summed E-state index contributed by atoms with van der Waals surface area (Å²) < 4.78 is 2.72. The zero-order chi connectivity index (χ0) is 13.9. The van der Waals surface area contributed by atoms with Crippen LogP contribution < -0.4 is 0 Å². The highest BCUT2D eigenvalue weighted by molar-refractivity contribution is 7.71. The second kappa shape index (κ2) is 5.89. The zero-order valence-electron chi connectivity index (χ0n) is 11.7. The summed E-state index contributed by atoms with van der Waals surface area (Å²) in [5, 5.41) is 7.26. The van der Waals surface area contributed by atoms with Gasteiger partial charge in [-0.2, -0.15) is 5.10 Å². The van der Waals surface area contributed by atoms with E-state index >= 15 is 0 Å². The van der Waals surface area contributed by atoms with E-state index in [2.05, 4.69) is 45.4 Å². The first-order valence-electron chi connectivity index (χ1n) is 7.11. The highest BCUT2D eigenvalue weighted by Gasteiger charge is 2.23. The third-order valence-corrected chi connectivity index (χ3v) is 4.48. The molecule has 0 atom stereocenters. The van der Waals surface area contributed by atoms with Crippen LogP contribution in [0.2, 0.25) is 0 Å². The smallest absolute Gasteiger partial charge is 0.194 e. The predicted molar refractivity (Wildman–Crippen MR) is 82.1 cm³/mol. The van der Waals surface area contributed by atoms with E-state index in [-0.39, 0.29) is 0 Å². The van der Waals surface area contributed by atoms with Gasteiger partial charge in [-0.3, -0.25) is 10.00 Å². The van der Waals surface area contributed by atoms with Crippen molar-refractivity contribution in [2.75, 3.05) is 13.1 Å². The number of aromatic amines is 1. The number of aromatic nitrogens is 3. The van der Waals surface area contributed by atoms with Crippen LogP contribution in [0.25, 0.3) is 0 Å². The number of hydrogen-bond donors (Lipinski definition) is 1. The molecule has 0 bridgehead atoms. The fourth-order valence-electron chi connectivity index (χ4n) is 2.92. The van der Waals surface area contributed by atoms with Gasteiger partial charge in [-0.25, -0.2) is 0 Å². The number of benzene rings is 1. The van der Waals surface area contributed by atoms with Crippen molar-refractivity contribution < 1.29 is 0 Å². The van der Waals surface area contributed by atoms with E-state index in [4.69, 9.17) is 12.2 Å². The third-order valence-electron chi connectivity index (χ3n) is 4.12. The maximum Gasteiger partial charge on any atom is 0.194 e. The van der Waals surface area contributed by atoms with Crippen LogP contribution in [0.5, 0.6) is 0 Å². The molecule has 1 aliphatic heterocycles. The van der Waals surface area contributed by atoms with Gasteiger partial charge in [-0.15, -0.1) is 0 Å². The van der Waals surface area contributed by atoms with E-state index in [1.165, 1.54) is 5.56 Å². The van der Waals surface area contributed by atoms with Crippen molar-refractivity contribution in [1.29, 1.82) is 0 Å². The molecule has 5 heteroatoms. The van der Waals surface area contributed by atoms with Gasteiger partial charge >= 0.3 is 0 Å². The summed E-state index contributed by atoms with van der Waals surface area (Å²) in [5.74, 6) is 1.63. The second-order valence-electron chi connectivity index (χ2n) is 5.48. The molecule has 0 saturated carbocycles. The standard InChI is InChI=1S/C15H20N4S/c1-18-14(16-17-15(18)20)13-7-9-19(10-8-13)11-12-5-3-2-4-6-12/h2-6,13H,7-11H2,1H3,(H,17,20). The Morgan fingerprint density at radius 1 is 1.25 bits per heavy atom. The normalized spacial score (nSPS) is 17.4. The Morgan fingerprint density at radius 2 is 1.95 bits per heavy atom. The molecule has 1 aliphatic rings. The van der Waals surface area contributed by atoms with Gasteiger partial charge in [0.15, 0.2) is 4.77 Å². The van der Waals surface area contributed by atoms with Gasteiger partial charge in [-0.1, -0.05) is 30.3 Å². The summed E-state index contributed by atoms with van der Waals surface area (Å²) in [7, 11) is 2.00. The maximum absolute atomic E-state index is 5.19. The molecular weight excluding hydrogens is 268 g/mol. The van der Waals surface area contributed by atoms with Gasteiger partial charge in [0, 0.05) is 19.5 Å². The van der Waals surface area contributed by atoms with Gasteiger partial charge in [0.25, 0.3) is 0 Å². The number of piperidine rings is 1. The molecule has 2 aromatic rings. The van der Waals surface area contributed by atoms with Crippen LogP contribution in [0.1, 0.15) is 30.1 Å². The summed E-state index contributed by atoms with van der Waals surface area (Å²) in [6, 6.07) is 10.7. The zero-order valence-corrected chi connectivity index (χ0v) is 12.6. The lowest BCUT2D eigenvalue weighted by molar-refractivity contribution is 0.200. The number of rotatable bonds is 3. The fourth-order valence-corrected chi connectivity index (χ4v) is 3.05. The Hall–Kier alpha value is -1.46. The SMILES string of the molecule is Cn1c(C2CCN(Cc3ccccc3)CC2)n[nH]c1=S. The molecular formula is C15H20N4S. The van der Waals surface area contributed by atoms with Crippen molar-refractivity contribution in [3.63, 3.8) is 0 Å². The number of nitrogens with zero attached hydrogens (tertiary/aromatic N) is 3. The number of likely N-dealkylation sites (tertiary alicyclic amines) is 1. The maximum atomic E-state index is 5.19. The molecule has 1 saturated heterocycles. The molecule has 1 N–H and O–H groups in total. The Labute approximate surface area is 124 Å². The fraction of sp³-hybridized carbons (Fsp3) is 0.467. The van der Waals surface area contributed by atoms with E-state index < -0.39 is 0 Å². The topological polar surface area (TPSA) is 36.9 Å². The first-order valence-corrected chi connectivity index (χ1v) is 7.52. The monoisotopic (exact) mass is 288 g/mol. The third kappa shape index (κ3) is 2.83. The van der Waals surface area contributed by atoms with E-state index in [9.17, 15) is 0 Å². The average Bonchev–Trinajstić information content (AvgIpc) is 2.81. The Kier molecular flexibility index (Phi) is 3.98. The van der Waals surface area contributed by atoms with Crippen molar-refractivity contribution >= 4 is 12.2 Å². The molecule has 2 heterocycles. The molecule has 1 aromatic carbocycles. The molecule has 1 fully saturated rings. The van der Waals surface area contributed by atoms with Crippen molar-refractivity contribution in [3.05, 3.63) is 46.5 Å². The van der Waals surface area contributed by atoms with Crippen molar-refractivity contribution in [1.82, 2.24) is 19.7 Å². The van der Waals surface area contributed by atoms with Crippen LogP contribution in [0, 0.1) is 4.77 Å². The highest BCUT2D eigenvalue weighted by Crippen LogP contribution is 2.27. The minimum atomic E-state index is 0.528. The van der Waals surface area contributed by atoms with Crippen molar-refractivity contribution in [2.24, 2.45) is 7.05 Å². The molecule has 106 valence electrons. The quantitative estimate of drug-likeness (QED) is 0.882. The lowest BCUT2D eigenvalue weighted by atomic mass is 9.95. The summed E-state index contributed by atoms with van der Waals surface area (Å²) in [5.41, 5.74) is 1.39. The van der Waals surface area contributed by atoms with Gasteiger partial charge in [0.1, 0.15) is 5.82 Å². The number of nitrogens with one attached hydrogen (secondary N) is 1. The molecule has 0 aliphatic carbocycles. The number of H-pyrrole nitrogens is 1.